The predicted molar refractivity (Wildman–Crippen MR) is 166 cm³/mol. The molecule has 3 heterocycles. The smallest absolute Gasteiger partial charge is 0.407 e. The molecule has 4 aromatic rings. The number of fused-ring (bicyclic) bond motifs is 2. The number of para-hydroxylation sites is 1. The lowest BCUT2D eigenvalue weighted by molar-refractivity contribution is -0.120. The number of carbonyl (C=O) groups excluding carboxylic acids is 2. The maximum absolute atomic E-state index is 13.3. The second-order valence-electron chi connectivity index (χ2n) is 12.0. The topological polar surface area (TPSA) is 121 Å². The van der Waals surface area contributed by atoms with Gasteiger partial charge in [0, 0.05) is 42.8 Å². The van der Waals surface area contributed by atoms with Crippen LogP contribution in [0.1, 0.15) is 44.5 Å². The zero-order valence-electron chi connectivity index (χ0n) is 25.1. The molecule has 0 fully saturated rings. The van der Waals surface area contributed by atoms with E-state index in [1.54, 1.807) is 35.8 Å². The van der Waals surface area contributed by atoms with Gasteiger partial charge in [0.15, 0.2) is 0 Å². The quantitative estimate of drug-likeness (QED) is 0.325. The number of benzene rings is 2. The molecule has 10 nitrogen and oxygen atoms in total. The van der Waals surface area contributed by atoms with Gasteiger partial charge in [0.25, 0.3) is 0 Å². The van der Waals surface area contributed by atoms with E-state index in [4.69, 9.17) is 0 Å². The Labute approximate surface area is 250 Å². The summed E-state index contributed by atoms with van der Waals surface area (Å²) in [4.78, 5) is 44.8. The van der Waals surface area contributed by atoms with Crippen molar-refractivity contribution < 1.29 is 19.5 Å². The van der Waals surface area contributed by atoms with Gasteiger partial charge in [-0.25, -0.2) is 9.78 Å². The lowest BCUT2D eigenvalue weighted by Gasteiger charge is -2.31. The minimum Gasteiger partial charge on any atom is -0.465 e. The molecule has 0 aliphatic carbocycles. The number of anilines is 2. The number of rotatable bonds is 5. The van der Waals surface area contributed by atoms with E-state index in [0.29, 0.717) is 12.1 Å². The third-order valence-corrected chi connectivity index (χ3v) is 7.38. The first-order valence-corrected chi connectivity index (χ1v) is 14.0. The second-order valence-corrected chi connectivity index (χ2v) is 12.0. The first-order chi connectivity index (χ1) is 20.3. The number of aromatic nitrogens is 3. The molecule has 5 rings (SSSR count). The number of nitrogens with one attached hydrogen (secondary N) is 1. The average molecular weight is 579 g/mol. The molecular formula is C33H34N6O4. The Morgan fingerprint density at radius 2 is 1.88 bits per heavy atom. The van der Waals surface area contributed by atoms with Crippen molar-refractivity contribution in [1.29, 1.82) is 0 Å². The molecule has 0 saturated heterocycles. The molecule has 1 aliphatic heterocycles. The third-order valence-electron chi connectivity index (χ3n) is 7.38. The Bertz CT molecular complexity index is 1820. The van der Waals surface area contributed by atoms with Crippen molar-refractivity contribution in [3.05, 3.63) is 71.5 Å². The summed E-state index contributed by atoms with van der Waals surface area (Å²) in [6, 6.07) is 14.2. The van der Waals surface area contributed by atoms with Crippen LogP contribution in [0.5, 0.6) is 0 Å². The lowest BCUT2D eigenvalue weighted by atomic mass is 9.95. The summed E-state index contributed by atoms with van der Waals surface area (Å²) >= 11 is 0. The Morgan fingerprint density at radius 3 is 2.60 bits per heavy atom. The molecule has 3 amide bonds. The zero-order chi connectivity index (χ0) is 31.1. The molecule has 2 aromatic carbocycles. The Balaban J connectivity index is 1.53. The number of aryl methyl sites for hydroxylation is 1. The highest BCUT2D eigenvalue weighted by Gasteiger charge is 2.30. The second kappa shape index (κ2) is 11.2. The monoisotopic (exact) mass is 578 g/mol. The highest BCUT2D eigenvalue weighted by Crippen LogP contribution is 2.31. The van der Waals surface area contributed by atoms with E-state index in [9.17, 15) is 19.5 Å². The Kier molecular flexibility index (Phi) is 7.67. The summed E-state index contributed by atoms with van der Waals surface area (Å²) in [7, 11) is 3.62. The van der Waals surface area contributed by atoms with Gasteiger partial charge < -0.3 is 15.3 Å². The van der Waals surface area contributed by atoms with Crippen LogP contribution in [-0.4, -0.2) is 62.3 Å². The number of likely N-dealkylation sites (N-methyl/N-ethyl adjacent to an activating group) is 1. The molecule has 0 saturated carbocycles. The van der Waals surface area contributed by atoms with E-state index in [1.807, 2.05) is 70.3 Å². The molecule has 2 aromatic heterocycles. The van der Waals surface area contributed by atoms with Gasteiger partial charge >= 0.3 is 6.09 Å². The van der Waals surface area contributed by atoms with E-state index < -0.39 is 18.0 Å². The van der Waals surface area contributed by atoms with Gasteiger partial charge in [-0.05, 0) is 59.7 Å². The van der Waals surface area contributed by atoms with Crippen LogP contribution in [0.2, 0.25) is 0 Å². The van der Waals surface area contributed by atoms with Gasteiger partial charge in [-0.2, -0.15) is 5.10 Å². The molecule has 2 N–H and O–H groups in total. The predicted octanol–water partition coefficient (Wildman–Crippen LogP) is 4.91. The van der Waals surface area contributed by atoms with Crippen molar-refractivity contribution in [2.75, 3.05) is 23.8 Å². The highest BCUT2D eigenvalue weighted by molar-refractivity contribution is 6.01. The maximum atomic E-state index is 13.3. The van der Waals surface area contributed by atoms with Gasteiger partial charge in [0.1, 0.15) is 17.6 Å². The number of carboxylic acid groups (broad SMARTS) is 1. The van der Waals surface area contributed by atoms with Crippen LogP contribution in [0.25, 0.3) is 22.0 Å². The molecule has 220 valence electrons. The van der Waals surface area contributed by atoms with Crippen molar-refractivity contribution in [1.82, 2.24) is 19.7 Å². The van der Waals surface area contributed by atoms with Crippen molar-refractivity contribution >= 4 is 40.3 Å². The summed E-state index contributed by atoms with van der Waals surface area (Å²) in [6.07, 6.45) is 0.952. The number of carbonyl (C=O) groups is 3. The van der Waals surface area contributed by atoms with E-state index in [0.717, 1.165) is 43.7 Å². The number of pyridine rings is 1. The number of hydrogen-bond donors (Lipinski definition) is 2. The highest BCUT2D eigenvalue weighted by atomic mass is 16.4. The summed E-state index contributed by atoms with van der Waals surface area (Å²) in [5, 5.41) is 18.0. The molecule has 0 radical (unpaired) electrons. The molecule has 0 bridgehead atoms. The number of amides is 3. The molecule has 1 aliphatic rings. The largest absolute Gasteiger partial charge is 0.465 e. The van der Waals surface area contributed by atoms with Gasteiger partial charge in [-0.1, -0.05) is 44.9 Å². The Morgan fingerprint density at radius 1 is 1.12 bits per heavy atom. The van der Waals surface area contributed by atoms with Gasteiger partial charge in [-0.15, -0.1) is 0 Å². The normalized spacial score (nSPS) is 13.3. The fourth-order valence-electron chi connectivity index (χ4n) is 5.22. The van der Waals surface area contributed by atoms with Crippen LogP contribution in [0.4, 0.5) is 16.3 Å². The van der Waals surface area contributed by atoms with Crippen LogP contribution >= 0.6 is 0 Å². The van der Waals surface area contributed by atoms with Crippen LogP contribution in [0.3, 0.4) is 0 Å². The van der Waals surface area contributed by atoms with Crippen LogP contribution in [0.15, 0.2) is 54.7 Å². The summed E-state index contributed by atoms with van der Waals surface area (Å²) in [6.45, 7) is 7.50. The average Bonchev–Trinajstić information content (AvgIpc) is 3.47. The van der Waals surface area contributed by atoms with Crippen molar-refractivity contribution in [3.8, 4) is 23.0 Å². The van der Waals surface area contributed by atoms with Crippen molar-refractivity contribution in [3.63, 3.8) is 0 Å². The number of nitrogens with zero attached hydrogens (tertiary/aromatic N) is 5. The zero-order valence-corrected chi connectivity index (χ0v) is 25.1. The van der Waals surface area contributed by atoms with Crippen LogP contribution in [-0.2, 0) is 23.1 Å². The SMILES string of the molecule is CC(C(=O)Nc1cc(-c2cccc3cnn(C)c23)cc(C#Cc2ccc3c(c2)CC(=O)N3C)n1)N(CC(C)(C)C)C(=O)O. The molecule has 1 atom stereocenters. The van der Waals surface area contributed by atoms with E-state index in [1.165, 1.54) is 0 Å². The fraction of sp³-hybridized carbons (Fsp3) is 0.303. The van der Waals surface area contributed by atoms with Gasteiger partial charge in [-0.3, -0.25) is 19.2 Å². The standard InChI is InChI=1S/C33H34N6O4/c1-20(39(32(42)43)19-33(2,3)4)31(41)36-28-16-23(26-9-7-8-22-18-34-38(6)30(22)26)15-25(35-28)12-10-21-11-13-27-24(14-21)17-29(40)37(27)5/h7-9,11,13-16,18,20H,17,19H2,1-6H3,(H,42,43)(H,35,36,41). The molecular weight excluding hydrogens is 544 g/mol. The molecule has 0 spiro atoms. The van der Waals surface area contributed by atoms with E-state index in [-0.39, 0.29) is 23.7 Å². The van der Waals surface area contributed by atoms with E-state index in [2.05, 4.69) is 27.2 Å². The summed E-state index contributed by atoms with van der Waals surface area (Å²) in [5.74, 6) is 6.06. The van der Waals surface area contributed by atoms with Crippen molar-refractivity contribution in [2.45, 2.75) is 40.2 Å². The first-order valence-electron chi connectivity index (χ1n) is 14.0. The fourth-order valence-corrected chi connectivity index (χ4v) is 5.22. The number of hydrogen-bond acceptors (Lipinski definition) is 5. The maximum Gasteiger partial charge on any atom is 0.407 e. The summed E-state index contributed by atoms with van der Waals surface area (Å²) in [5.41, 5.74) is 5.17. The lowest BCUT2D eigenvalue weighted by Crippen LogP contribution is -2.48. The molecule has 1 unspecified atom stereocenters. The Hall–Kier alpha value is -5.17. The summed E-state index contributed by atoms with van der Waals surface area (Å²) < 4.78 is 1.79. The minimum absolute atomic E-state index is 0.0393. The van der Waals surface area contributed by atoms with Crippen molar-refractivity contribution in [2.24, 2.45) is 12.5 Å². The third kappa shape index (κ3) is 6.21. The minimum atomic E-state index is -1.17. The van der Waals surface area contributed by atoms with Crippen LogP contribution < -0.4 is 10.2 Å². The molecule has 10 heteroatoms. The molecule has 43 heavy (non-hydrogen) atoms. The first kappa shape index (κ1) is 29.3. The van der Waals surface area contributed by atoms with E-state index >= 15 is 0 Å². The van der Waals surface area contributed by atoms with Gasteiger partial charge in [0.05, 0.1) is 18.1 Å². The van der Waals surface area contributed by atoms with Gasteiger partial charge in [0.2, 0.25) is 11.8 Å². The van der Waals surface area contributed by atoms with Crippen LogP contribution in [0, 0.1) is 17.3 Å².